The standard InChI is InChI=1S/C9H15FN4O/c1-15-7-6-13-9(11)14-8(7)12-5-3-2-4-10/h6H,2-5H2,1H3,(H3,11,12,13,14). The molecule has 3 N–H and O–H groups in total. The highest BCUT2D eigenvalue weighted by molar-refractivity contribution is 5.50. The third-order valence-electron chi connectivity index (χ3n) is 1.85. The van der Waals surface area contributed by atoms with Gasteiger partial charge in [-0.1, -0.05) is 0 Å². The summed E-state index contributed by atoms with van der Waals surface area (Å²) in [5.74, 6) is 1.26. The Morgan fingerprint density at radius 1 is 1.53 bits per heavy atom. The highest BCUT2D eigenvalue weighted by atomic mass is 19.1. The number of nitrogens with zero attached hydrogens (tertiary/aromatic N) is 2. The van der Waals surface area contributed by atoms with Gasteiger partial charge in [0.1, 0.15) is 0 Å². The third-order valence-corrected chi connectivity index (χ3v) is 1.85. The number of hydrogen-bond donors (Lipinski definition) is 2. The highest BCUT2D eigenvalue weighted by Crippen LogP contribution is 2.20. The fraction of sp³-hybridized carbons (Fsp3) is 0.556. The number of nitrogen functional groups attached to an aromatic ring is 1. The zero-order valence-electron chi connectivity index (χ0n) is 8.66. The van der Waals surface area contributed by atoms with E-state index in [0.717, 1.165) is 6.42 Å². The molecule has 0 atom stereocenters. The van der Waals surface area contributed by atoms with Gasteiger partial charge in [0.15, 0.2) is 11.6 Å². The number of ether oxygens (including phenoxy) is 1. The number of rotatable bonds is 6. The average Bonchev–Trinajstić information content (AvgIpc) is 2.25. The molecule has 0 fully saturated rings. The molecule has 0 aliphatic carbocycles. The fourth-order valence-corrected chi connectivity index (χ4v) is 1.09. The molecule has 0 aliphatic heterocycles. The first kappa shape index (κ1) is 11.5. The molecule has 84 valence electrons. The highest BCUT2D eigenvalue weighted by Gasteiger charge is 2.04. The van der Waals surface area contributed by atoms with Crippen molar-refractivity contribution >= 4 is 11.8 Å². The van der Waals surface area contributed by atoms with Crippen molar-refractivity contribution < 1.29 is 9.13 Å². The Hall–Kier alpha value is -1.59. The van der Waals surface area contributed by atoms with Crippen LogP contribution in [0.4, 0.5) is 16.2 Å². The average molecular weight is 214 g/mol. The molecule has 0 unspecified atom stereocenters. The number of alkyl halides is 1. The SMILES string of the molecule is COc1cnc(N)nc1NCCCCF. The second kappa shape index (κ2) is 6.00. The van der Waals surface area contributed by atoms with Crippen molar-refractivity contribution in [2.24, 2.45) is 0 Å². The number of anilines is 2. The summed E-state index contributed by atoms with van der Waals surface area (Å²) in [6.07, 6.45) is 2.78. The molecule has 1 aromatic rings. The topological polar surface area (TPSA) is 73.1 Å². The van der Waals surface area contributed by atoms with Gasteiger partial charge in [0.2, 0.25) is 5.95 Å². The van der Waals surface area contributed by atoms with E-state index in [9.17, 15) is 4.39 Å². The van der Waals surface area contributed by atoms with Gasteiger partial charge in [0.25, 0.3) is 0 Å². The first-order valence-corrected chi connectivity index (χ1v) is 4.74. The minimum absolute atomic E-state index is 0.184. The summed E-state index contributed by atoms with van der Waals surface area (Å²) >= 11 is 0. The number of aromatic nitrogens is 2. The fourth-order valence-electron chi connectivity index (χ4n) is 1.09. The van der Waals surface area contributed by atoms with Crippen molar-refractivity contribution in [3.63, 3.8) is 0 Å². The summed E-state index contributed by atoms with van der Waals surface area (Å²) in [5, 5.41) is 3.02. The molecule has 5 nitrogen and oxygen atoms in total. The maximum Gasteiger partial charge on any atom is 0.222 e. The zero-order valence-corrected chi connectivity index (χ0v) is 8.66. The van der Waals surface area contributed by atoms with Gasteiger partial charge in [-0.05, 0) is 12.8 Å². The molecule has 0 bridgehead atoms. The molecule has 0 aliphatic rings. The van der Waals surface area contributed by atoms with Crippen LogP contribution >= 0.6 is 0 Å². The van der Waals surface area contributed by atoms with E-state index < -0.39 is 0 Å². The second-order valence-corrected chi connectivity index (χ2v) is 2.97. The first-order chi connectivity index (χ1) is 7.27. The van der Waals surface area contributed by atoms with Gasteiger partial charge < -0.3 is 15.8 Å². The first-order valence-electron chi connectivity index (χ1n) is 4.74. The summed E-state index contributed by atoms with van der Waals surface area (Å²) in [5.41, 5.74) is 5.43. The van der Waals surface area contributed by atoms with Gasteiger partial charge in [-0.25, -0.2) is 4.98 Å². The van der Waals surface area contributed by atoms with Crippen LogP contribution in [0, 0.1) is 0 Å². The lowest BCUT2D eigenvalue weighted by molar-refractivity contribution is 0.412. The Morgan fingerprint density at radius 3 is 3.00 bits per heavy atom. The molecule has 0 radical (unpaired) electrons. The maximum absolute atomic E-state index is 11.8. The zero-order chi connectivity index (χ0) is 11.1. The molecule has 0 aromatic carbocycles. The Bertz CT molecular complexity index is 308. The molecule has 0 amide bonds. The molecule has 0 saturated carbocycles. The van der Waals surface area contributed by atoms with Crippen molar-refractivity contribution in [1.29, 1.82) is 0 Å². The minimum Gasteiger partial charge on any atom is -0.491 e. The summed E-state index contributed by atoms with van der Waals surface area (Å²) < 4.78 is 16.9. The molecule has 1 aromatic heterocycles. The second-order valence-electron chi connectivity index (χ2n) is 2.97. The number of unbranched alkanes of at least 4 members (excludes halogenated alkanes) is 1. The van der Waals surface area contributed by atoms with Crippen molar-refractivity contribution in [2.75, 3.05) is 31.4 Å². The van der Waals surface area contributed by atoms with E-state index in [1.807, 2.05) is 0 Å². The van der Waals surface area contributed by atoms with Crippen LogP contribution in [0.1, 0.15) is 12.8 Å². The Labute approximate surface area is 87.9 Å². The molecule has 1 heterocycles. The number of halogens is 1. The Kier molecular flexibility index (Phi) is 4.59. The lowest BCUT2D eigenvalue weighted by Crippen LogP contribution is -2.07. The minimum atomic E-state index is -0.301. The van der Waals surface area contributed by atoms with E-state index in [1.165, 1.54) is 13.3 Å². The summed E-state index contributed by atoms with van der Waals surface area (Å²) in [7, 11) is 1.53. The Balaban J connectivity index is 2.54. The molecule has 0 saturated heterocycles. The predicted molar refractivity (Wildman–Crippen MR) is 56.7 cm³/mol. The van der Waals surface area contributed by atoms with Crippen molar-refractivity contribution in [2.45, 2.75) is 12.8 Å². The lowest BCUT2D eigenvalue weighted by atomic mass is 10.3. The van der Waals surface area contributed by atoms with E-state index in [-0.39, 0.29) is 12.6 Å². The number of nitrogens with one attached hydrogen (secondary N) is 1. The van der Waals surface area contributed by atoms with Gasteiger partial charge in [-0.2, -0.15) is 4.98 Å². The molecule has 0 spiro atoms. The monoisotopic (exact) mass is 214 g/mol. The molecular weight excluding hydrogens is 199 g/mol. The van der Waals surface area contributed by atoms with Crippen LogP contribution in [0.2, 0.25) is 0 Å². The van der Waals surface area contributed by atoms with Gasteiger partial charge in [-0.15, -0.1) is 0 Å². The van der Waals surface area contributed by atoms with Crippen LogP contribution in [0.3, 0.4) is 0 Å². The maximum atomic E-state index is 11.8. The molecular formula is C9H15FN4O. The van der Waals surface area contributed by atoms with Crippen LogP contribution in [-0.2, 0) is 0 Å². The Morgan fingerprint density at radius 2 is 2.33 bits per heavy atom. The normalized spacial score (nSPS) is 10.0. The molecule has 1 rings (SSSR count). The van der Waals surface area contributed by atoms with Crippen LogP contribution < -0.4 is 15.8 Å². The lowest BCUT2D eigenvalue weighted by Gasteiger charge is -2.09. The van der Waals surface area contributed by atoms with Gasteiger partial charge in [0, 0.05) is 6.54 Å². The number of hydrogen-bond acceptors (Lipinski definition) is 5. The predicted octanol–water partition coefficient (Wildman–Crippen LogP) is 1.23. The summed E-state index contributed by atoms with van der Waals surface area (Å²) in [6, 6.07) is 0. The summed E-state index contributed by atoms with van der Waals surface area (Å²) in [4.78, 5) is 7.78. The van der Waals surface area contributed by atoms with Crippen LogP contribution in [-0.4, -0.2) is 30.3 Å². The van der Waals surface area contributed by atoms with E-state index in [2.05, 4.69) is 15.3 Å². The van der Waals surface area contributed by atoms with Gasteiger partial charge in [0.05, 0.1) is 20.0 Å². The summed E-state index contributed by atoms with van der Waals surface area (Å²) in [6.45, 7) is 0.335. The van der Waals surface area contributed by atoms with E-state index in [1.54, 1.807) is 0 Å². The van der Waals surface area contributed by atoms with Crippen molar-refractivity contribution in [1.82, 2.24) is 9.97 Å². The van der Waals surface area contributed by atoms with Crippen molar-refractivity contribution in [3.05, 3.63) is 6.20 Å². The third kappa shape index (κ3) is 3.57. The van der Waals surface area contributed by atoms with Crippen LogP contribution in [0.25, 0.3) is 0 Å². The van der Waals surface area contributed by atoms with Gasteiger partial charge in [-0.3, -0.25) is 4.39 Å². The van der Waals surface area contributed by atoms with Gasteiger partial charge >= 0.3 is 0 Å². The largest absolute Gasteiger partial charge is 0.491 e. The van der Waals surface area contributed by atoms with E-state index in [4.69, 9.17) is 10.5 Å². The molecule has 15 heavy (non-hydrogen) atoms. The number of nitrogens with two attached hydrogens (primary N) is 1. The van der Waals surface area contributed by atoms with E-state index in [0.29, 0.717) is 24.5 Å². The van der Waals surface area contributed by atoms with Crippen LogP contribution in [0.15, 0.2) is 6.20 Å². The number of methoxy groups -OCH3 is 1. The smallest absolute Gasteiger partial charge is 0.222 e. The quantitative estimate of drug-likeness (QED) is 0.697. The van der Waals surface area contributed by atoms with Crippen LogP contribution in [0.5, 0.6) is 5.75 Å². The van der Waals surface area contributed by atoms with E-state index >= 15 is 0 Å². The molecule has 6 heteroatoms. The van der Waals surface area contributed by atoms with Crippen molar-refractivity contribution in [3.8, 4) is 5.75 Å².